The van der Waals surface area contributed by atoms with Crippen LogP contribution in [0.5, 0.6) is 11.5 Å². The normalized spacial score (nSPS) is 11.0. The molecule has 0 unspecified atom stereocenters. The second kappa shape index (κ2) is 8.27. The maximum Gasteiger partial charge on any atom is 0.169 e. The van der Waals surface area contributed by atoms with Crippen molar-refractivity contribution in [2.75, 3.05) is 19.5 Å². The molecule has 26 heavy (non-hydrogen) atoms. The molecule has 0 aliphatic rings. The molecule has 0 amide bonds. The number of nitrogens with zero attached hydrogens (tertiary/aromatic N) is 2. The van der Waals surface area contributed by atoms with Crippen molar-refractivity contribution in [2.45, 2.75) is 12.7 Å². The van der Waals surface area contributed by atoms with Crippen molar-refractivity contribution in [3.05, 3.63) is 53.9 Å². The fraction of sp³-hybridized carbons (Fsp3) is 0.222. The largest absolute Gasteiger partial charge is 0.493 e. The van der Waals surface area contributed by atoms with E-state index in [9.17, 15) is 0 Å². The van der Waals surface area contributed by atoms with Crippen LogP contribution in [0.1, 0.15) is 11.1 Å². The molecule has 0 saturated carbocycles. The van der Waals surface area contributed by atoms with Crippen molar-refractivity contribution in [3.63, 3.8) is 0 Å². The number of hydrogen-bond donors (Lipinski definition) is 3. The van der Waals surface area contributed by atoms with Gasteiger partial charge in [0.05, 0.1) is 19.7 Å². The molecular weight excluding hydrogens is 353 g/mol. The predicted octanol–water partition coefficient (Wildman–Crippen LogP) is 3.06. The lowest BCUT2D eigenvalue weighted by atomic mass is 10.1. The first-order valence-electron chi connectivity index (χ1n) is 7.94. The molecule has 7 nitrogen and oxygen atoms in total. The van der Waals surface area contributed by atoms with Gasteiger partial charge in [0.15, 0.2) is 19.9 Å². The third-order valence-corrected chi connectivity index (χ3v) is 4.60. The molecule has 0 bridgehead atoms. The van der Waals surface area contributed by atoms with Crippen molar-refractivity contribution >= 4 is 25.1 Å². The Balaban J connectivity index is 1.80. The number of hydrogen-bond acceptors (Lipinski definition) is 7. The van der Waals surface area contributed by atoms with Crippen LogP contribution in [0.4, 0.5) is 5.82 Å². The first-order chi connectivity index (χ1) is 12.6. The molecule has 0 aliphatic heterocycles. The average Bonchev–Trinajstić information content (AvgIpc) is 2.65. The van der Waals surface area contributed by atoms with Crippen LogP contribution < -0.4 is 14.8 Å². The second-order valence-electron chi connectivity index (χ2n) is 5.65. The molecule has 0 radical (unpaired) electrons. The highest BCUT2D eigenvalue weighted by Gasteiger charge is 2.11. The molecule has 1 heterocycles. The molecule has 3 aromatic rings. The van der Waals surface area contributed by atoms with Crippen LogP contribution in [0.15, 0.2) is 42.7 Å². The maximum atomic E-state index is 9.08. The molecule has 0 spiro atoms. The van der Waals surface area contributed by atoms with Gasteiger partial charge in [-0.05, 0) is 17.2 Å². The molecule has 0 fully saturated rings. The van der Waals surface area contributed by atoms with Gasteiger partial charge in [0.2, 0.25) is 0 Å². The highest BCUT2D eigenvalue weighted by molar-refractivity contribution is 7.44. The van der Waals surface area contributed by atoms with E-state index in [4.69, 9.17) is 19.3 Å². The minimum atomic E-state index is -1.91. The highest BCUT2D eigenvalue weighted by Crippen LogP contribution is 2.33. The molecule has 0 saturated heterocycles. The summed E-state index contributed by atoms with van der Waals surface area (Å²) in [6.07, 6.45) is 1.78. The Labute approximate surface area is 152 Å². The Morgan fingerprint density at radius 2 is 1.62 bits per heavy atom. The van der Waals surface area contributed by atoms with E-state index >= 15 is 0 Å². The predicted molar refractivity (Wildman–Crippen MR) is 101 cm³/mol. The van der Waals surface area contributed by atoms with E-state index in [2.05, 4.69) is 15.3 Å². The minimum absolute atomic E-state index is 0.279. The number of methoxy groups -OCH3 is 2. The number of ether oxygens (including phenoxy) is 2. The van der Waals surface area contributed by atoms with Crippen molar-refractivity contribution in [1.82, 2.24) is 9.97 Å². The van der Waals surface area contributed by atoms with Gasteiger partial charge >= 0.3 is 0 Å². The molecule has 3 N–H and O–H groups in total. The first kappa shape index (κ1) is 18.3. The number of fused-ring (bicyclic) bond motifs is 1. The summed E-state index contributed by atoms with van der Waals surface area (Å²) in [5.41, 5.74) is 2.71. The molecular formula is C18H20N3O4P. The third kappa shape index (κ3) is 4.19. The lowest BCUT2D eigenvalue weighted by Crippen LogP contribution is -2.03. The van der Waals surface area contributed by atoms with Crippen molar-refractivity contribution in [3.8, 4) is 11.5 Å². The fourth-order valence-corrected chi connectivity index (χ4v) is 3.17. The Kier molecular flexibility index (Phi) is 5.83. The maximum absolute atomic E-state index is 9.08. The summed E-state index contributed by atoms with van der Waals surface area (Å²) < 4.78 is 10.7. The van der Waals surface area contributed by atoms with Gasteiger partial charge in [0.25, 0.3) is 0 Å². The topological polar surface area (TPSA) is 96.7 Å². The standard InChI is InChI=1S/C18H20N3O4P/c1-24-16-7-14-15(8-17(16)25-2)20-11-21-18(14)19-9-12-3-5-13(6-4-12)10-26(22)23/h3-8,11,22-23H,9-10H2,1-2H3,(H,19,20,21). The van der Waals surface area contributed by atoms with E-state index < -0.39 is 8.38 Å². The Bertz CT molecular complexity index is 887. The quantitative estimate of drug-likeness (QED) is 0.548. The zero-order valence-corrected chi connectivity index (χ0v) is 15.4. The van der Waals surface area contributed by atoms with Crippen LogP contribution in [0, 0.1) is 0 Å². The third-order valence-electron chi connectivity index (χ3n) is 3.95. The number of aromatic nitrogens is 2. The van der Waals surface area contributed by atoms with E-state index in [0.717, 1.165) is 22.0 Å². The number of benzene rings is 2. The van der Waals surface area contributed by atoms with Crippen LogP contribution in [-0.4, -0.2) is 34.0 Å². The summed E-state index contributed by atoms with van der Waals surface area (Å²) in [7, 11) is 1.26. The Morgan fingerprint density at radius 3 is 2.27 bits per heavy atom. The highest BCUT2D eigenvalue weighted by atomic mass is 31.2. The van der Waals surface area contributed by atoms with Crippen LogP contribution >= 0.6 is 8.38 Å². The molecule has 1 aromatic heterocycles. The van der Waals surface area contributed by atoms with Gasteiger partial charge < -0.3 is 24.6 Å². The van der Waals surface area contributed by atoms with Crippen molar-refractivity contribution in [1.29, 1.82) is 0 Å². The van der Waals surface area contributed by atoms with Gasteiger partial charge in [0.1, 0.15) is 12.1 Å². The van der Waals surface area contributed by atoms with Crippen LogP contribution in [0.25, 0.3) is 10.9 Å². The molecule has 8 heteroatoms. The smallest absolute Gasteiger partial charge is 0.169 e. The monoisotopic (exact) mass is 373 g/mol. The van der Waals surface area contributed by atoms with Gasteiger partial charge in [-0.3, -0.25) is 0 Å². The Morgan fingerprint density at radius 1 is 0.962 bits per heavy atom. The zero-order chi connectivity index (χ0) is 18.5. The molecule has 0 atom stereocenters. The van der Waals surface area contributed by atoms with Crippen LogP contribution in [0.3, 0.4) is 0 Å². The van der Waals surface area contributed by atoms with E-state index in [1.165, 1.54) is 6.33 Å². The summed E-state index contributed by atoms with van der Waals surface area (Å²) in [6, 6.07) is 11.4. The molecule has 2 aromatic carbocycles. The van der Waals surface area contributed by atoms with Crippen LogP contribution in [0.2, 0.25) is 0 Å². The SMILES string of the molecule is COc1cc2ncnc(NCc3ccc(CP(O)O)cc3)c2cc1OC. The average molecular weight is 373 g/mol. The number of rotatable bonds is 7. The molecule has 136 valence electrons. The van der Waals surface area contributed by atoms with E-state index in [0.29, 0.717) is 23.9 Å². The Hall–Kier alpha value is -2.47. The summed E-state index contributed by atoms with van der Waals surface area (Å²) in [5.74, 6) is 1.94. The van der Waals surface area contributed by atoms with Gasteiger partial charge in [-0.25, -0.2) is 9.97 Å². The summed E-state index contributed by atoms with van der Waals surface area (Å²) in [6.45, 7) is 0.577. The lowest BCUT2D eigenvalue weighted by Gasteiger charge is -2.12. The minimum Gasteiger partial charge on any atom is -0.493 e. The van der Waals surface area contributed by atoms with E-state index in [-0.39, 0.29) is 6.16 Å². The van der Waals surface area contributed by atoms with Crippen molar-refractivity contribution in [2.24, 2.45) is 0 Å². The second-order valence-corrected chi connectivity index (χ2v) is 6.71. The van der Waals surface area contributed by atoms with E-state index in [1.807, 2.05) is 36.4 Å². The number of nitrogens with one attached hydrogen (secondary N) is 1. The lowest BCUT2D eigenvalue weighted by molar-refractivity contribution is 0.356. The fourth-order valence-electron chi connectivity index (χ4n) is 2.64. The molecule has 3 rings (SSSR count). The number of anilines is 1. The van der Waals surface area contributed by atoms with Crippen LogP contribution in [-0.2, 0) is 12.7 Å². The van der Waals surface area contributed by atoms with Gasteiger partial charge in [0, 0.05) is 24.2 Å². The summed E-state index contributed by atoms with van der Waals surface area (Å²) in [5, 5.41) is 4.15. The van der Waals surface area contributed by atoms with Gasteiger partial charge in [-0.1, -0.05) is 24.3 Å². The summed E-state index contributed by atoms with van der Waals surface area (Å²) in [4.78, 5) is 26.8. The van der Waals surface area contributed by atoms with Gasteiger partial charge in [-0.15, -0.1) is 0 Å². The summed E-state index contributed by atoms with van der Waals surface area (Å²) >= 11 is 0. The molecule has 0 aliphatic carbocycles. The van der Waals surface area contributed by atoms with Gasteiger partial charge in [-0.2, -0.15) is 0 Å². The van der Waals surface area contributed by atoms with E-state index in [1.54, 1.807) is 14.2 Å². The first-order valence-corrected chi connectivity index (χ1v) is 9.37. The van der Waals surface area contributed by atoms with Crippen molar-refractivity contribution < 1.29 is 19.3 Å². The zero-order valence-electron chi connectivity index (χ0n) is 14.5.